The Morgan fingerprint density at radius 1 is 0.538 bits per heavy atom. The van der Waals surface area contributed by atoms with Gasteiger partial charge in [0, 0.05) is 24.0 Å². The van der Waals surface area contributed by atoms with Gasteiger partial charge in [-0.1, -0.05) is 109 Å². The van der Waals surface area contributed by atoms with Gasteiger partial charge < -0.3 is 23.8 Å². The summed E-state index contributed by atoms with van der Waals surface area (Å²) < 4.78 is 20.0. The van der Waals surface area contributed by atoms with E-state index in [9.17, 15) is 9.59 Å². The number of ether oxygens (including phenoxy) is 4. The molecule has 0 saturated carbocycles. The number of hydrogen-bond acceptors (Lipinski definition) is 7. The van der Waals surface area contributed by atoms with E-state index in [-0.39, 0.29) is 5.75 Å². The first-order chi connectivity index (χ1) is 25.4. The molecule has 0 heterocycles. The van der Waals surface area contributed by atoms with Crippen LogP contribution in [0.1, 0.15) is 34.7 Å². The molecule has 0 aliphatic carbocycles. The van der Waals surface area contributed by atoms with Crippen molar-refractivity contribution in [1.29, 1.82) is 0 Å². The lowest BCUT2D eigenvalue weighted by Crippen LogP contribution is -2.14. The molecular formula is C45H37NO6. The summed E-state index contributed by atoms with van der Waals surface area (Å²) >= 11 is 0. The van der Waals surface area contributed by atoms with Gasteiger partial charge in [-0.2, -0.15) is 0 Å². The van der Waals surface area contributed by atoms with Crippen molar-refractivity contribution in [2.24, 2.45) is 0 Å². The topological polar surface area (TPSA) is 74.3 Å². The number of nitrogens with zero attached hydrogens (tertiary/aromatic N) is 1. The second-order valence-corrected chi connectivity index (χ2v) is 11.7. The molecule has 6 rings (SSSR count). The fourth-order valence-electron chi connectivity index (χ4n) is 5.49. The third kappa shape index (κ3) is 9.43. The Balaban J connectivity index is 1.27. The van der Waals surface area contributed by atoms with Crippen LogP contribution in [0.15, 0.2) is 158 Å². The highest BCUT2D eigenvalue weighted by atomic mass is 16.8. The summed E-state index contributed by atoms with van der Waals surface area (Å²) in [6, 6.07) is 52.5. The van der Waals surface area contributed by atoms with E-state index in [0.29, 0.717) is 0 Å². The third-order valence-corrected chi connectivity index (χ3v) is 8.10. The summed E-state index contributed by atoms with van der Waals surface area (Å²) in [6.07, 6.45) is 5.39. The largest absolute Gasteiger partial charge is 0.516 e. The molecule has 0 aliphatic heterocycles. The molecule has 0 aromatic heterocycles. The summed E-state index contributed by atoms with van der Waals surface area (Å²) in [6.45, 7) is 0.707. The van der Waals surface area contributed by atoms with E-state index in [2.05, 4.69) is 101 Å². The summed E-state index contributed by atoms with van der Waals surface area (Å²) in [4.78, 5) is 25.2. The second kappa shape index (κ2) is 17.2. The third-order valence-electron chi connectivity index (χ3n) is 8.10. The lowest BCUT2D eigenvalue weighted by atomic mass is 9.95. The molecule has 258 valence electrons. The zero-order valence-corrected chi connectivity index (χ0v) is 28.8. The van der Waals surface area contributed by atoms with Crippen LogP contribution < -0.4 is 14.4 Å². The van der Waals surface area contributed by atoms with Gasteiger partial charge in [0.15, 0.2) is 0 Å². The van der Waals surface area contributed by atoms with Crippen LogP contribution in [0.5, 0.6) is 11.5 Å². The highest BCUT2D eigenvalue weighted by molar-refractivity contribution is 5.92. The number of esters is 1. The van der Waals surface area contributed by atoms with Crippen LogP contribution >= 0.6 is 0 Å². The van der Waals surface area contributed by atoms with Crippen LogP contribution in [0.2, 0.25) is 0 Å². The fourth-order valence-corrected chi connectivity index (χ4v) is 5.49. The van der Waals surface area contributed by atoms with Crippen molar-refractivity contribution < 1.29 is 28.5 Å². The van der Waals surface area contributed by atoms with E-state index in [4.69, 9.17) is 14.2 Å². The van der Waals surface area contributed by atoms with Gasteiger partial charge in [-0.3, -0.25) is 4.79 Å². The number of carbonyl (C=O) groups excluding carboxylic acids is 2. The smallest absolute Gasteiger partial charge is 0.497 e. The molecule has 0 bridgehead atoms. The minimum absolute atomic E-state index is 0.288. The first-order valence-corrected chi connectivity index (χ1v) is 16.7. The predicted octanol–water partition coefficient (Wildman–Crippen LogP) is 11.0. The van der Waals surface area contributed by atoms with E-state index < -0.39 is 18.9 Å². The minimum Gasteiger partial charge on any atom is -0.497 e. The standard InChI is InChI=1S/C45H37NO6/c1-33(47)50-32-51-45(48)52-43-29-21-38(22-30-43)44(37-19-27-42(49-2)28-20-37)31-36-17-25-41(26-18-36)46(39-11-7-4-8-12-39)40-23-15-35(16-24-40)14-13-34-9-5-3-6-10-34/h3-31H,32H2,1-2H3. The quantitative estimate of drug-likeness (QED) is 0.0548. The summed E-state index contributed by atoms with van der Waals surface area (Å²) in [5, 5.41) is 0. The molecule has 0 radical (unpaired) electrons. The van der Waals surface area contributed by atoms with E-state index in [1.165, 1.54) is 6.92 Å². The van der Waals surface area contributed by atoms with Gasteiger partial charge in [-0.05, 0) is 100 Å². The van der Waals surface area contributed by atoms with Crippen LogP contribution in [0, 0.1) is 0 Å². The molecule has 0 saturated heterocycles. The Bertz CT molecular complexity index is 2120. The van der Waals surface area contributed by atoms with E-state index in [0.717, 1.165) is 56.2 Å². The molecule has 6 aromatic carbocycles. The Morgan fingerprint density at radius 3 is 1.56 bits per heavy atom. The summed E-state index contributed by atoms with van der Waals surface area (Å²) in [5.41, 5.74) is 9.22. The monoisotopic (exact) mass is 687 g/mol. The van der Waals surface area contributed by atoms with Gasteiger partial charge in [0.25, 0.3) is 0 Å². The first-order valence-electron chi connectivity index (χ1n) is 16.7. The number of anilines is 3. The SMILES string of the molecule is COc1ccc(C(=Cc2ccc(N(c3ccccc3)c3ccc(C=Cc4ccccc4)cc3)cc2)c2ccc(OC(=O)OCOC(C)=O)cc2)cc1. The van der Waals surface area contributed by atoms with Crippen molar-refractivity contribution >= 4 is 53.0 Å². The number of methoxy groups -OCH3 is 1. The summed E-state index contributed by atoms with van der Waals surface area (Å²) in [5.74, 6) is 0.483. The highest BCUT2D eigenvalue weighted by Crippen LogP contribution is 2.36. The van der Waals surface area contributed by atoms with Crippen LogP contribution in [-0.4, -0.2) is 26.0 Å². The van der Waals surface area contributed by atoms with Crippen LogP contribution in [0.25, 0.3) is 23.8 Å². The molecule has 0 unspecified atom stereocenters. The van der Waals surface area contributed by atoms with Gasteiger partial charge in [-0.15, -0.1) is 0 Å². The number of benzene rings is 6. The molecule has 7 heteroatoms. The molecule has 0 atom stereocenters. The lowest BCUT2D eigenvalue weighted by molar-refractivity contribution is -0.149. The summed E-state index contributed by atoms with van der Waals surface area (Å²) in [7, 11) is 1.64. The fraction of sp³-hybridized carbons (Fsp3) is 0.0667. The molecule has 6 aromatic rings. The number of para-hydroxylation sites is 1. The Kier molecular flexibility index (Phi) is 11.6. The van der Waals surface area contributed by atoms with Crippen LogP contribution in [-0.2, 0) is 14.3 Å². The van der Waals surface area contributed by atoms with Crippen molar-refractivity contribution in [2.75, 3.05) is 18.8 Å². The zero-order chi connectivity index (χ0) is 36.1. The maximum atomic E-state index is 12.0. The predicted molar refractivity (Wildman–Crippen MR) is 207 cm³/mol. The number of rotatable bonds is 12. The minimum atomic E-state index is -0.972. The average Bonchev–Trinajstić information content (AvgIpc) is 3.18. The van der Waals surface area contributed by atoms with Gasteiger partial charge in [0.1, 0.15) is 11.5 Å². The van der Waals surface area contributed by atoms with Crippen LogP contribution in [0.3, 0.4) is 0 Å². The normalized spacial score (nSPS) is 11.2. The maximum Gasteiger partial charge on any atom is 0.516 e. The van der Waals surface area contributed by atoms with Crippen molar-refractivity contribution in [1.82, 2.24) is 0 Å². The van der Waals surface area contributed by atoms with Gasteiger partial charge >= 0.3 is 12.1 Å². The zero-order valence-electron chi connectivity index (χ0n) is 28.8. The van der Waals surface area contributed by atoms with Gasteiger partial charge in [0.2, 0.25) is 6.79 Å². The van der Waals surface area contributed by atoms with Crippen molar-refractivity contribution in [3.8, 4) is 11.5 Å². The highest BCUT2D eigenvalue weighted by Gasteiger charge is 2.14. The van der Waals surface area contributed by atoms with Gasteiger partial charge in [-0.25, -0.2) is 4.79 Å². The average molecular weight is 688 g/mol. The van der Waals surface area contributed by atoms with Crippen molar-refractivity contribution in [3.63, 3.8) is 0 Å². The molecule has 0 N–H and O–H groups in total. The molecule has 52 heavy (non-hydrogen) atoms. The first kappa shape index (κ1) is 35.0. The number of carbonyl (C=O) groups is 2. The lowest BCUT2D eigenvalue weighted by Gasteiger charge is -2.25. The van der Waals surface area contributed by atoms with E-state index in [1.54, 1.807) is 19.2 Å². The van der Waals surface area contributed by atoms with Crippen molar-refractivity contribution in [3.05, 3.63) is 186 Å². The Labute approximate surface area is 303 Å². The number of hydrogen-bond donors (Lipinski definition) is 0. The van der Waals surface area contributed by atoms with Gasteiger partial charge in [0.05, 0.1) is 7.11 Å². The van der Waals surface area contributed by atoms with Crippen LogP contribution in [0.4, 0.5) is 21.9 Å². The van der Waals surface area contributed by atoms with E-state index in [1.807, 2.05) is 72.8 Å². The molecule has 0 amide bonds. The molecule has 7 nitrogen and oxygen atoms in total. The van der Waals surface area contributed by atoms with Crippen molar-refractivity contribution in [2.45, 2.75) is 6.92 Å². The molecule has 0 fully saturated rings. The Morgan fingerprint density at radius 2 is 1.02 bits per heavy atom. The maximum absolute atomic E-state index is 12.0. The Hall–Kier alpha value is -6.86. The second-order valence-electron chi connectivity index (χ2n) is 11.7. The molecule has 0 spiro atoms. The molecular weight excluding hydrogens is 650 g/mol. The molecule has 0 aliphatic rings. The van der Waals surface area contributed by atoms with E-state index >= 15 is 0 Å².